The zero-order valence-electron chi connectivity index (χ0n) is 34.1. The number of aliphatic hydroxyl groups is 6. The van der Waals surface area contributed by atoms with Crippen molar-refractivity contribution < 1.29 is 49.0 Å². The molecule has 0 amide bonds. The van der Waals surface area contributed by atoms with Gasteiger partial charge in [-0.2, -0.15) is 0 Å². The summed E-state index contributed by atoms with van der Waals surface area (Å²) in [5.41, 5.74) is 1.86. The van der Waals surface area contributed by atoms with Crippen LogP contribution in [0.4, 0.5) is 0 Å². The summed E-state index contributed by atoms with van der Waals surface area (Å²) in [6.07, 6.45) is 7.03. The number of benzene rings is 3. The third-order valence-electron chi connectivity index (χ3n) is 10.5. The van der Waals surface area contributed by atoms with E-state index in [-0.39, 0.29) is 12.2 Å². The molecule has 314 valence electrons. The molecule has 56 heavy (non-hydrogen) atoms. The Kier molecular flexibility index (Phi) is 20.4. The van der Waals surface area contributed by atoms with Crippen molar-refractivity contribution in [3.05, 3.63) is 89.5 Å². The molecule has 5 atom stereocenters. The van der Waals surface area contributed by atoms with Crippen molar-refractivity contribution >= 4 is 23.9 Å². The first-order chi connectivity index (χ1) is 26.9. The van der Waals surface area contributed by atoms with Gasteiger partial charge >= 0.3 is 290 Å². The first-order valence-corrected chi connectivity index (χ1v) is 22.7. The zero-order chi connectivity index (χ0) is 41.0. The third kappa shape index (κ3) is 13.0. The van der Waals surface area contributed by atoms with Gasteiger partial charge in [-0.25, -0.2) is 0 Å². The van der Waals surface area contributed by atoms with E-state index in [0.717, 1.165) is 25.7 Å². The van der Waals surface area contributed by atoms with Gasteiger partial charge < -0.3 is 0 Å². The van der Waals surface area contributed by atoms with Crippen LogP contribution in [-0.4, -0.2) is 73.9 Å². The van der Waals surface area contributed by atoms with E-state index < -0.39 is 50.6 Å². The molecular formula is C45H69O10P. The number of hydrogen-bond acceptors (Lipinski definition) is 10. The molecule has 3 aromatic rings. The number of para-hydroxylation sites is 1. The van der Waals surface area contributed by atoms with Gasteiger partial charge in [-0.3, -0.25) is 0 Å². The fourth-order valence-electron chi connectivity index (χ4n) is 7.17. The van der Waals surface area contributed by atoms with Gasteiger partial charge in [0.2, 0.25) is 0 Å². The molecule has 0 aliphatic rings. The zero-order valence-corrected chi connectivity index (χ0v) is 35.0. The first kappa shape index (κ1) is 47.5. The molecule has 0 saturated carbocycles. The predicted molar refractivity (Wildman–Crippen MR) is 224 cm³/mol. The van der Waals surface area contributed by atoms with E-state index in [1.165, 1.54) is 64.2 Å². The first-order valence-electron chi connectivity index (χ1n) is 20.7. The maximum absolute atomic E-state index is 14.3. The van der Waals surface area contributed by atoms with E-state index >= 15 is 0 Å². The van der Waals surface area contributed by atoms with Crippen LogP contribution < -0.4 is 15.1 Å². The van der Waals surface area contributed by atoms with Crippen LogP contribution in [-0.2, 0) is 13.8 Å². The van der Waals surface area contributed by atoms with Gasteiger partial charge in [-0.1, -0.05) is 45.4 Å². The Hall–Kier alpha value is -2.92. The normalized spacial score (nSPS) is 15.3. The minimum absolute atomic E-state index is 0.0249. The fourth-order valence-corrected chi connectivity index (χ4v) is 11.8. The molecule has 0 spiro atoms. The molecular weight excluding hydrogens is 731 g/mol. The monoisotopic (exact) mass is 800 g/mol. The number of carbonyl (C=O) groups excluding carboxylic acids is 1. The average Bonchev–Trinajstić information content (AvgIpc) is 3.19. The van der Waals surface area contributed by atoms with Crippen LogP contribution in [0.5, 0.6) is 5.75 Å². The Balaban J connectivity index is 1.91. The molecule has 11 heteroatoms. The van der Waals surface area contributed by atoms with Crippen LogP contribution in [0.2, 0.25) is 0 Å². The summed E-state index contributed by atoms with van der Waals surface area (Å²) in [6, 6.07) is 21.1. The summed E-state index contributed by atoms with van der Waals surface area (Å²) in [4.78, 5) is 14.3. The SMILES string of the molecule is CCCCCCCCCCCCCCCCCC(=O)OP(Oc1ccccc1C)(OC(O)[C@H](O)[C@@H](O)[C@H](O)[C@H](O)CO)(c1ccccc1C)c1ccccc1C. The van der Waals surface area contributed by atoms with Gasteiger partial charge in [0, 0.05) is 0 Å². The van der Waals surface area contributed by atoms with E-state index in [1.54, 1.807) is 74.5 Å². The van der Waals surface area contributed by atoms with Crippen LogP contribution in [0, 0.1) is 20.8 Å². The Morgan fingerprint density at radius 2 is 1.00 bits per heavy atom. The Labute approximate surface area is 335 Å². The van der Waals surface area contributed by atoms with Gasteiger partial charge in [0.25, 0.3) is 0 Å². The number of aryl methyl sites for hydroxylation is 3. The summed E-state index contributed by atoms with van der Waals surface area (Å²) >= 11 is 0. The molecule has 0 fully saturated rings. The second-order valence-corrected chi connectivity index (χ2v) is 18.5. The summed E-state index contributed by atoms with van der Waals surface area (Å²) in [5.74, 6) is -0.357. The van der Waals surface area contributed by atoms with Gasteiger partial charge in [-0.15, -0.1) is 0 Å². The molecule has 0 saturated heterocycles. The number of unbranched alkanes of at least 4 members (excludes halogenated alkanes) is 14. The summed E-state index contributed by atoms with van der Waals surface area (Å²) in [5, 5.41) is 64.4. The molecule has 0 aliphatic heterocycles. The van der Waals surface area contributed by atoms with Crippen molar-refractivity contribution in [3.63, 3.8) is 0 Å². The fraction of sp³-hybridized carbons (Fsp3) is 0.578. The predicted octanol–water partition coefficient (Wildman–Crippen LogP) is 7.52. The van der Waals surface area contributed by atoms with Crippen LogP contribution in [0.25, 0.3) is 0 Å². The molecule has 6 N–H and O–H groups in total. The number of rotatable bonds is 28. The van der Waals surface area contributed by atoms with E-state index in [1.807, 2.05) is 19.1 Å². The van der Waals surface area contributed by atoms with Crippen LogP contribution in [0.3, 0.4) is 0 Å². The molecule has 3 rings (SSSR count). The van der Waals surface area contributed by atoms with Crippen molar-refractivity contribution in [2.24, 2.45) is 0 Å². The topological polar surface area (TPSA) is 166 Å². The van der Waals surface area contributed by atoms with Crippen molar-refractivity contribution in [1.82, 2.24) is 0 Å². The van der Waals surface area contributed by atoms with Crippen molar-refractivity contribution in [3.8, 4) is 5.75 Å². The molecule has 10 nitrogen and oxygen atoms in total. The maximum atomic E-state index is 14.3. The van der Waals surface area contributed by atoms with E-state index in [2.05, 4.69) is 6.92 Å². The van der Waals surface area contributed by atoms with Gasteiger partial charge in [0.15, 0.2) is 0 Å². The Bertz CT molecular complexity index is 1540. The quantitative estimate of drug-likeness (QED) is 0.0246. The van der Waals surface area contributed by atoms with E-state index in [0.29, 0.717) is 33.7 Å². The van der Waals surface area contributed by atoms with Crippen molar-refractivity contribution in [2.45, 2.75) is 161 Å². The summed E-state index contributed by atoms with van der Waals surface area (Å²) < 4.78 is 20.4. The molecule has 0 bridgehead atoms. The average molecular weight is 801 g/mol. The van der Waals surface area contributed by atoms with Gasteiger partial charge in [0.05, 0.1) is 0 Å². The number of carbonyl (C=O) groups is 1. The molecule has 0 heterocycles. The van der Waals surface area contributed by atoms with Crippen molar-refractivity contribution in [1.29, 1.82) is 0 Å². The van der Waals surface area contributed by atoms with Crippen molar-refractivity contribution in [2.75, 3.05) is 6.61 Å². The summed E-state index contributed by atoms with van der Waals surface area (Å²) in [6.45, 7) is 6.73. The van der Waals surface area contributed by atoms with Crippen LogP contribution in [0.1, 0.15) is 126 Å². The molecule has 0 aromatic heterocycles. The van der Waals surface area contributed by atoms with Gasteiger partial charge in [0.1, 0.15) is 0 Å². The van der Waals surface area contributed by atoms with Crippen LogP contribution in [0.15, 0.2) is 72.8 Å². The number of aliphatic hydroxyl groups excluding tert-OH is 6. The molecule has 0 radical (unpaired) electrons. The third-order valence-corrected chi connectivity index (χ3v) is 14.9. The number of hydrogen-bond donors (Lipinski definition) is 6. The molecule has 1 unspecified atom stereocenters. The molecule has 0 aliphatic carbocycles. The van der Waals surface area contributed by atoms with E-state index in [4.69, 9.17) is 13.6 Å². The second-order valence-electron chi connectivity index (χ2n) is 15.2. The Morgan fingerprint density at radius 1 is 0.571 bits per heavy atom. The second kappa shape index (κ2) is 24.1. The summed E-state index contributed by atoms with van der Waals surface area (Å²) in [7, 11) is -5.48. The Morgan fingerprint density at radius 3 is 1.45 bits per heavy atom. The standard InChI is InChI=1S/C45H69O10P/c1-5-6-7-8-9-10-11-12-13-14-15-16-17-18-19-32-41(48)54-56(39-30-24-21-27-35(39)3,40-31-25-22-28-36(40)4,53-38-29-23-20-26-34(38)2)55-45(52)44(51)43(50)42(49)37(47)33-46/h20-31,37,42-47,49-52H,5-19,32-33H2,1-4H3/t37-,42-,43+,44-,45?/m1/s1. The van der Waals surface area contributed by atoms with Crippen LogP contribution >= 0.6 is 7.28 Å². The minimum atomic E-state index is -5.48. The van der Waals surface area contributed by atoms with E-state index in [9.17, 15) is 35.4 Å². The van der Waals surface area contributed by atoms with Gasteiger partial charge in [-0.05, 0) is 0 Å². The molecule has 3 aromatic carbocycles.